The van der Waals surface area contributed by atoms with Gasteiger partial charge in [0.25, 0.3) is 0 Å². The van der Waals surface area contributed by atoms with Crippen molar-refractivity contribution in [3.63, 3.8) is 0 Å². The maximum atomic E-state index is 12.7. The Balaban J connectivity index is 2.03. The number of carbonyl (C=O) groups is 1. The van der Waals surface area contributed by atoms with Crippen LogP contribution in [0.4, 0.5) is 0 Å². The zero-order valence-corrected chi connectivity index (χ0v) is 16.0. The van der Waals surface area contributed by atoms with Gasteiger partial charge < -0.3 is 19.7 Å². The molecule has 0 spiro atoms. The van der Waals surface area contributed by atoms with Crippen LogP contribution in [0.1, 0.15) is 54.8 Å². The molecule has 2 N–H and O–H groups in total. The van der Waals surface area contributed by atoms with E-state index in [0.717, 1.165) is 11.1 Å². The third-order valence-corrected chi connectivity index (χ3v) is 5.03. The van der Waals surface area contributed by atoms with Crippen LogP contribution in [0.3, 0.4) is 0 Å². The van der Waals surface area contributed by atoms with Crippen molar-refractivity contribution in [1.82, 2.24) is 0 Å². The standard InChI is InChI=1S/C22H24O5/c1-12(2)22(4,5)27-18-10-16(24)20-17(25)11-19(26-21(20)13(18)3)14-6-8-15(23)9-7-14/h6-10,19,23-24H,1,11H2,2-5H3. The molecular weight excluding hydrogens is 344 g/mol. The SMILES string of the molecule is C=C(C)C(C)(C)Oc1cc(O)c2c(c1C)OC(c1ccc(O)cc1)CC2=O. The summed E-state index contributed by atoms with van der Waals surface area (Å²) in [7, 11) is 0. The summed E-state index contributed by atoms with van der Waals surface area (Å²) >= 11 is 0. The Labute approximate surface area is 158 Å². The van der Waals surface area contributed by atoms with Crippen LogP contribution < -0.4 is 9.47 Å². The molecule has 0 bridgehead atoms. The quantitative estimate of drug-likeness (QED) is 0.755. The summed E-state index contributed by atoms with van der Waals surface area (Å²) in [6, 6.07) is 8.01. The molecule has 2 aromatic carbocycles. The average molecular weight is 368 g/mol. The molecule has 0 amide bonds. The van der Waals surface area contributed by atoms with Crippen LogP contribution >= 0.6 is 0 Å². The molecule has 5 nitrogen and oxygen atoms in total. The molecular formula is C22H24O5. The van der Waals surface area contributed by atoms with E-state index in [-0.39, 0.29) is 29.3 Å². The van der Waals surface area contributed by atoms with Gasteiger partial charge in [-0.25, -0.2) is 0 Å². The highest BCUT2D eigenvalue weighted by Crippen LogP contribution is 2.46. The molecule has 3 rings (SSSR count). The van der Waals surface area contributed by atoms with Crippen LogP contribution in [0, 0.1) is 6.92 Å². The van der Waals surface area contributed by atoms with Crippen LogP contribution in [0.15, 0.2) is 42.5 Å². The lowest BCUT2D eigenvalue weighted by atomic mass is 9.93. The summed E-state index contributed by atoms with van der Waals surface area (Å²) in [4.78, 5) is 12.7. The molecule has 5 heteroatoms. The van der Waals surface area contributed by atoms with E-state index in [4.69, 9.17) is 9.47 Å². The molecule has 142 valence electrons. The molecule has 0 fully saturated rings. The fraction of sp³-hybridized carbons (Fsp3) is 0.318. The lowest BCUT2D eigenvalue weighted by Gasteiger charge is -2.31. The Hall–Kier alpha value is -2.95. The van der Waals surface area contributed by atoms with Crippen molar-refractivity contribution in [2.45, 2.75) is 45.8 Å². The first-order valence-electron chi connectivity index (χ1n) is 8.80. The molecule has 2 aromatic rings. The fourth-order valence-electron chi connectivity index (χ4n) is 2.93. The normalized spacial score (nSPS) is 16.4. The van der Waals surface area contributed by atoms with Gasteiger partial charge in [0.2, 0.25) is 0 Å². The van der Waals surface area contributed by atoms with E-state index in [1.165, 1.54) is 6.07 Å². The number of Topliss-reactive ketones (excluding diaryl/α,β-unsaturated/α-hetero) is 1. The highest BCUT2D eigenvalue weighted by molar-refractivity contribution is 6.03. The van der Waals surface area contributed by atoms with E-state index in [1.54, 1.807) is 31.2 Å². The number of ether oxygens (including phenoxy) is 2. The first-order chi connectivity index (χ1) is 12.6. The number of benzene rings is 2. The van der Waals surface area contributed by atoms with Gasteiger partial charge in [-0.1, -0.05) is 18.7 Å². The Morgan fingerprint density at radius 2 is 1.89 bits per heavy atom. The minimum Gasteiger partial charge on any atom is -0.508 e. The molecule has 1 heterocycles. The zero-order chi connectivity index (χ0) is 19.9. The van der Waals surface area contributed by atoms with E-state index < -0.39 is 11.7 Å². The number of carbonyl (C=O) groups excluding carboxylic acids is 1. The Morgan fingerprint density at radius 3 is 2.48 bits per heavy atom. The van der Waals surface area contributed by atoms with Crippen LogP contribution in [-0.4, -0.2) is 21.6 Å². The summed E-state index contributed by atoms with van der Waals surface area (Å²) < 4.78 is 12.1. The number of aromatic hydroxyl groups is 2. The third kappa shape index (κ3) is 3.50. The van der Waals surface area contributed by atoms with E-state index in [9.17, 15) is 15.0 Å². The van der Waals surface area contributed by atoms with Crippen molar-refractivity contribution in [2.75, 3.05) is 0 Å². The second-order valence-corrected chi connectivity index (χ2v) is 7.44. The van der Waals surface area contributed by atoms with Crippen molar-refractivity contribution in [2.24, 2.45) is 0 Å². The van der Waals surface area contributed by atoms with Gasteiger partial charge in [0.1, 0.15) is 40.3 Å². The average Bonchev–Trinajstić information content (AvgIpc) is 2.59. The van der Waals surface area contributed by atoms with Gasteiger partial charge in [0.15, 0.2) is 5.78 Å². The number of hydrogen-bond donors (Lipinski definition) is 2. The summed E-state index contributed by atoms with van der Waals surface area (Å²) in [5.74, 6) is 0.570. The molecule has 0 saturated carbocycles. The number of hydrogen-bond acceptors (Lipinski definition) is 5. The Morgan fingerprint density at radius 1 is 1.26 bits per heavy atom. The van der Waals surface area contributed by atoms with E-state index in [1.807, 2.05) is 20.8 Å². The molecule has 0 saturated heterocycles. The molecule has 1 aliphatic heterocycles. The number of rotatable bonds is 4. The third-order valence-electron chi connectivity index (χ3n) is 5.03. The van der Waals surface area contributed by atoms with Gasteiger partial charge in [0.05, 0.1) is 6.42 Å². The predicted molar refractivity (Wildman–Crippen MR) is 103 cm³/mol. The van der Waals surface area contributed by atoms with E-state index in [0.29, 0.717) is 17.1 Å². The highest BCUT2D eigenvalue weighted by Gasteiger charge is 2.34. The van der Waals surface area contributed by atoms with E-state index in [2.05, 4.69) is 6.58 Å². The number of phenolic OH excluding ortho intramolecular Hbond substituents is 2. The lowest BCUT2D eigenvalue weighted by molar-refractivity contribution is 0.0840. The second-order valence-electron chi connectivity index (χ2n) is 7.44. The molecule has 1 aliphatic rings. The molecule has 1 unspecified atom stereocenters. The minimum atomic E-state index is -0.638. The number of fused-ring (bicyclic) bond motifs is 1. The van der Waals surface area contributed by atoms with Gasteiger partial charge in [-0.2, -0.15) is 0 Å². The van der Waals surface area contributed by atoms with Crippen LogP contribution in [0.2, 0.25) is 0 Å². The maximum absolute atomic E-state index is 12.7. The highest BCUT2D eigenvalue weighted by atomic mass is 16.5. The first kappa shape index (κ1) is 18.8. The Bertz CT molecular complexity index is 909. The van der Waals surface area contributed by atoms with Gasteiger partial charge >= 0.3 is 0 Å². The van der Waals surface area contributed by atoms with Crippen LogP contribution in [-0.2, 0) is 0 Å². The molecule has 0 radical (unpaired) electrons. The van der Waals surface area contributed by atoms with Crippen molar-refractivity contribution >= 4 is 5.78 Å². The van der Waals surface area contributed by atoms with Gasteiger partial charge in [-0.15, -0.1) is 0 Å². The number of phenols is 2. The van der Waals surface area contributed by atoms with Crippen molar-refractivity contribution < 1.29 is 24.5 Å². The predicted octanol–water partition coefficient (Wildman–Crippen LogP) is 4.85. The van der Waals surface area contributed by atoms with Crippen molar-refractivity contribution in [3.05, 3.63) is 59.2 Å². The zero-order valence-electron chi connectivity index (χ0n) is 16.0. The lowest BCUT2D eigenvalue weighted by Crippen LogP contribution is -2.30. The monoisotopic (exact) mass is 368 g/mol. The van der Waals surface area contributed by atoms with Crippen molar-refractivity contribution in [1.29, 1.82) is 0 Å². The Kier molecular flexibility index (Phi) is 4.64. The van der Waals surface area contributed by atoms with Crippen molar-refractivity contribution in [3.8, 4) is 23.0 Å². The van der Waals surface area contributed by atoms with Crippen LogP contribution in [0.5, 0.6) is 23.0 Å². The largest absolute Gasteiger partial charge is 0.508 e. The van der Waals surface area contributed by atoms with E-state index >= 15 is 0 Å². The summed E-state index contributed by atoms with van der Waals surface area (Å²) in [5.41, 5.74) is 1.80. The summed E-state index contributed by atoms with van der Waals surface area (Å²) in [5, 5.41) is 19.9. The maximum Gasteiger partial charge on any atom is 0.174 e. The minimum absolute atomic E-state index is 0.113. The molecule has 27 heavy (non-hydrogen) atoms. The topological polar surface area (TPSA) is 76.0 Å². The van der Waals surface area contributed by atoms with Gasteiger partial charge in [-0.05, 0) is 51.0 Å². The molecule has 1 atom stereocenters. The molecule has 0 aliphatic carbocycles. The smallest absolute Gasteiger partial charge is 0.174 e. The number of ketones is 1. The second kappa shape index (κ2) is 6.65. The summed E-state index contributed by atoms with van der Waals surface area (Å²) in [6.45, 7) is 11.4. The fourth-order valence-corrected chi connectivity index (χ4v) is 2.93. The first-order valence-corrected chi connectivity index (χ1v) is 8.80. The molecule has 0 aromatic heterocycles. The van der Waals surface area contributed by atoms with Crippen LogP contribution in [0.25, 0.3) is 0 Å². The summed E-state index contributed by atoms with van der Waals surface area (Å²) in [6.07, 6.45) is -0.379. The van der Waals surface area contributed by atoms with Gasteiger partial charge in [-0.3, -0.25) is 4.79 Å². The van der Waals surface area contributed by atoms with Gasteiger partial charge in [0, 0.05) is 11.6 Å².